The molecular weight excluding hydrogens is 372 g/mol. The minimum atomic E-state index is 0.167. The number of hydrogen-bond donors (Lipinski definition) is 1. The van der Waals surface area contributed by atoms with Gasteiger partial charge in [-0.2, -0.15) is 0 Å². The van der Waals surface area contributed by atoms with Crippen LogP contribution in [0.15, 0.2) is 47.1 Å². The van der Waals surface area contributed by atoms with Gasteiger partial charge in [-0.05, 0) is 83.0 Å². The predicted octanol–water partition coefficient (Wildman–Crippen LogP) is 5.94. The molecule has 4 aliphatic rings. The van der Waals surface area contributed by atoms with Gasteiger partial charge in [0.05, 0.1) is 6.26 Å². The summed E-state index contributed by atoms with van der Waals surface area (Å²) in [7, 11) is 0. The van der Waals surface area contributed by atoms with E-state index in [0.717, 1.165) is 24.5 Å². The number of allylic oxidation sites excluding steroid dienone is 1. The molecule has 4 heteroatoms. The van der Waals surface area contributed by atoms with Crippen molar-refractivity contribution >= 4 is 5.91 Å². The molecule has 0 spiro atoms. The molecule has 1 atom stereocenters. The number of amides is 1. The zero-order chi connectivity index (χ0) is 20.8. The second-order valence-electron chi connectivity index (χ2n) is 9.12. The van der Waals surface area contributed by atoms with E-state index in [2.05, 4.69) is 28.4 Å². The van der Waals surface area contributed by atoms with Crippen LogP contribution in [0.1, 0.15) is 76.3 Å². The van der Waals surface area contributed by atoms with Gasteiger partial charge < -0.3 is 9.73 Å². The van der Waals surface area contributed by atoms with Crippen molar-refractivity contribution in [1.29, 1.82) is 0 Å². The van der Waals surface area contributed by atoms with Crippen LogP contribution in [0.5, 0.6) is 0 Å². The number of rotatable bonds is 7. The quantitative estimate of drug-likeness (QED) is 0.576. The zero-order valence-corrected chi connectivity index (χ0v) is 18.3. The number of fused-ring (bicyclic) bond motifs is 1. The fourth-order valence-corrected chi connectivity index (χ4v) is 5.26. The summed E-state index contributed by atoms with van der Waals surface area (Å²) in [5.41, 5.74) is 2.55. The Morgan fingerprint density at radius 1 is 1.20 bits per heavy atom. The van der Waals surface area contributed by atoms with E-state index in [1.165, 1.54) is 62.7 Å². The zero-order valence-electron chi connectivity index (χ0n) is 18.3. The van der Waals surface area contributed by atoms with E-state index in [4.69, 9.17) is 4.42 Å². The van der Waals surface area contributed by atoms with Crippen LogP contribution in [-0.4, -0.2) is 29.9 Å². The van der Waals surface area contributed by atoms with E-state index in [1.807, 2.05) is 31.4 Å². The van der Waals surface area contributed by atoms with Crippen molar-refractivity contribution in [3.63, 3.8) is 0 Å². The van der Waals surface area contributed by atoms with Gasteiger partial charge in [-0.25, -0.2) is 0 Å². The Morgan fingerprint density at radius 3 is 2.90 bits per heavy atom. The number of nitrogens with one attached hydrogen (secondary N) is 1. The maximum absolute atomic E-state index is 11.9. The summed E-state index contributed by atoms with van der Waals surface area (Å²) in [6.07, 6.45) is 16.2. The molecule has 162 valence electrons. The third kappa shape index (κ3) is 5.34. The van der Waals surface area contributed by atoms with Crippen molar-refractivity contribution in [2.24, 2.45) is 5.92 Å². The van der Waals surface area contributed by atoms with E-state index >= 15 is 0 Å². The molecule has 4 nitrogen and oxygen atoms in total. The molecule has 1 saturated heterocycles. The number of carbonyl (C=O) groups is 1. The van der Waals surface area contributed by atoms with Crippen molar-refractivity contribution in [3.05, 3.63) is 48.2 Å². The summed E-state index contributed by atoms with van der Waals surface area (Å²) in [5, 5.41) is 3.21. The van der Waals surface area contributed by atoms with E-state index in [0.29, 0.717) is 18.5 Å². The van der Waals surface area contributed by atoms with Crippen LogP contribution >= 0.6 is 0 Å². The Bertz CT molecular complexity index is 803. The Balaban J connectivity index is 1.27. The van der Waals surface area contributed by atoms with Crippen molar-refractivity contribution < 1.29 is 9.21 Å². The van der Waals surface area contributed by atoms with Gasteiger partial charge in [-0.15, -0.1) is 0 Å². The summed E-state index contributed by atoms with van der Waals surface area (Å²) in [5.74, 6) is 1.94. The predicted molar refractivity (Wildman–Crippen MR) is 121 cm³/mol. The van der Waals surface area contributed by atoms with Gasteiger partial charge in [0, 0.05) is 29.6 Å². The maximum Gasteiger partial charge on any atom is 0.224 e. The van der Waals surface area contributed by atoms with Crippen molar-refractivity contribution in [2.75, 3.05) is 13.1 Å². The largest absolute Gasteiger partial charge is 0.464 e. The Morgan fingerprint density at radius 2 is 2.07 bits per heavy atom. The number of hydrogen-bond acceptors (Lipinski definition) is 3. The molecule has 2 aliphatic carbocycles. The van der Waals surface area contributed by atoms with Crippen LogP contribution in [0.3, 0.4) is 0 Å². The molecule has 30 heavy (non-hydrogen) atoms. The molecule has 2 heterocycles. The smallest absolute Gasteiger partial charge is 0.224 e. The van der Waals surface area contributed by atoms with Crippen LogP contribution < -0.4 is 5.32 Å². The van der Waals surface area contributed by atoms with Crippen LogP contribution in [-0.2, 0) is 4.79 Å². The normalized spacial score (nSPS) is 25.7. The lowest BCUT2D eigenvalue weighted by molar-refractivity contribution is -0.121. The molecule has 1 N–H and O–H groups in total. The third-order valence-electron chi connectivity index (χ3n) is 7.03. The highest BCUT2D eigenvalue weighted by atomic mass is 16.3. The molecule has 4 rings (SSSR count). The monoisotopic (exact) mass is 408 g/mol. The van der Waals surface area contributed by atoms with E-state index < -0.39 is 0 Å². The van der Waals surface area contributed by atoms with Crippen LogP contribution in [0.2, 0.25) is 0 Å². The van der Waals surface area contributed by atoms with Crippen molar-refractivity contribution in [1.82, 2.24) is 10.2 Å². The van der Waals surface area contributed by atoms with Crippen LogP contribution in [0, 0.1) is 5.92 Å². The minimum absolute atomic E-state index is 0.167. The van der Waals surface area contributed by atoms with Gasteiger partial charge in [-0.3, -0.25) is 9.69 Å². The molecule has 0 aromatic heterocycles. The van der Waals surface area contributed by atoms with E-state index in [9.17, 15) is 4.79 Å². The highest BCUT2D eigenvalue weighted by Gasteiger charge is 2.27. The lowest BCUT2D eigenvalue weighted by atomic mass is 9.83. The maximum atomic E-state index is 11.9. The lowest BCUT2D eigenvalue weighted by Gasteiger charge is -2.37. The molecule has 1 amide bonds. The molecule has 0 radical (unpaired) electrons. The first kappa shape index (κ1) is 21.2. The van der Waals surface area contributed by atoms with Crippen molar-refractivity contribution in [3.8, 4) is 11.3 Å². The molecule has 0 bridgehead atoms. The summed E-state index contributed by atoms with van der Waals surface area (Å²) in [4.78, 5) is 14.6. The fourth-order valence-electron chi connectivity index (χ4n) is 5.26. The summed E-state index contributed by atoms with van der Waals surface area (Å²) in [6, 6.07) is 9.44. The SMILES string of the molecule is CC=CCC(=O)NC1CCC(CCN2CCCCC2c2coc3cccc-3c2)CC1. The van der Waals surface area contributed by atoms with Gasteiger partial charge >= 0.3 is 0 Å². The molecule has 1 saturated carbocycles. The molecule has 0 aromatic rings. The lowest BCUT2D eigenvalue weighted by Crippen LogP contribution is -2.38. The molecule has 2 aliphatic heterocycles. The van der Waals surface area contributed by atoms with E-state index in [1.54, 1.807) is 0 Å². The number of piperidine rings is 1. The van der Waals surface area contributed by atoms with Crippen LogP contribution in [0.25, 0.3) is 11.3 Å². The Labute approximate surface area is 181 Å². The van der Waals surface area contributed by atoms with Gasteiger partial charge in [0.25, 0.3) is 0 Å². The Hall–Kier alpha value is -2.07. The first-order chi connectivity index (χ1) is 14.7. The molecule has 2 fully saturated rings. The minimum Gasteiger partial charge on any atom is -0.464 e. The molecular formula is C26H36N2O2. The van der Waals surface area contributed by atoms with Gasteiger partial charge in [0.2, 0.25) is 5.91 Å². The topological polar surface area (TPSA) is 45.5 Å². The number of carbonyl (C=O) groups excluding carboxylic acids is 1. The van der Waals surface area contributed by atoms with Crippen molar-refractivity contribution in [2.45, 2.75) is 76.8 Å². The number of nitrogens with zero attached hydrogens (tertiary/aromatic N) is 1. The van der Waals surface area contributed by atoms with Crippen LogP contribution in [0.4, 0.5) is 0 Å². The first-order valence-electron chi connectivity index (χ1n) is 11.8. The van der Waals surface area contributed by atoms with Gasteiger partial charge in [-0.1, -0.05) is 30.7 Å². The standard InChI is InChI=1S/C26H36N2O2/c1-2-3-10-26(29)27-23-13-11-20(12-14-23)15-17-28-16-5-4-8-24(28)22-18-21-7-6-9-25(21)30-19-22/h2-3,6-7,9,18-20,23-24H,4-5,8,10-17H2,1H3,(H,27,29). The summed E-state index contributed by atoms with van der Waals surface area (Å²) < 4.78 is 5.88. The van der Waals surface area contributed by atoms with Gasteiger partial charge in [0.15, 0.2) is 0 Å². The third-order valence-corrected chi connectivity index (χ3v) is 7.03. The second-order valence-corrected chi connectivity index (χ2v) is 9.12. The van der Waals surface area contributed by atoms with E-state index in [-0.39, 0.29) is 5.91 Å². The summed E-state index contributed by atoms with van der Waals surface area (Å²) in [6.45, 7) is 4.33. The average molecular weight is 409 g/mol. The first-order valence-corrected chi connectivity index (χ1v) is 11.8. The second kappa shape index (κ2) is 10.3. The fraction of sp³-hybridized carbons (Fsp3) is 0.577. The number of likely N-dealkylation sites (tertiary alicyclic amines) is 1. The highest BCUT2D eigenvalue weighted by Crippen LogP contribution is 2.36. The summed E-state index contributed by atoms with van der Waals surface area (Å²) >= 11 is 0. The Kier molecular flexibility index (Phi) is 7.27. The highest BCUT2D eigenvalue weighted by molar-refractivity contribution is 5.77. The molecule has 1 unspecified atom stereocenters. The molecule has 0 aromatic carbocycles. The van der Waals surface area contributed by atoms with Gasteiger partial charge in [0.1, 0.15) is 5.76 Å². The average Bonchev–Trinajstić information content (AvgIpc) is 3.25.